The lowest BCUT2D eigenvalue weighted by atomic mass is 9.84. The number of aryl methyl sites for hydroxylation is 1. The summed E-state index contributed by atoms with van der Waals surface area (Å²) in [5.41, 5.74) is 8.65. The molecule has 20 heavy (non-hydrogen) atoms. The molecule has 3 nitrogen and oxygen atoms in total. The first kappa shape index (κ1) is 13.6. The molecule has 1 aliphatic carbocycles. The smallest absolute Gasteiger partial charge is 0.111 e. The van der Waals surface area contributed by atoms with E-state index in [1.807, 2.05) is 6.07 Å². The highest BCUT2D eigenvalue weighted by molar-refractivity contribution is 5.75. The Balaban J connectivity index is 1.67. The summed E-state index contributed by atoms with van der Waals surface area (Å²) < 4.78 is 2.19. The van der Waals surface area contributed by atoms with Gasteiger partial charge in [-0.25, -0.2) is 4.98 Å². The second-order valence-electron chi connectivity index (χ2n) is 6.28. The maximum Gasteiger partial charge on any atom is 0.111 e. The van der Waals surface area contributed by atoms with Crippen LogP contribution in [-0.4, -0.2) is 15.6 Å². The molecule has 1 aliphatic rings. The Bertz CT molecular complexity index is 567. The van der Waals surface area contributed by atoms with Crippen molar-refractivity contribution >= 4 is 11.0 Å². The summed E-state index contributed by atoms with van der Waals surface area (Å²) in [6, 6.07) is 8.55. The Morgan fingerprint density at radius 1 is 1.25 bits per heavy atom. The van der Waals surface area contributed by atoms with Crippen molar-refractivity contribution < 1.29 is 0 Å². The molecule has 1 saturated carbocycles. The van der Waals surface area contributed by atoms with Crippen molar-refractivity contribution in [2.45, 2.75) is 51.0 Å². The van der Waals surface area contributed by atoms with Crippen LogP contribution >= 0.6 is 0 Å². The summed E-state index contributed by atoms with van der Waals surface area (Å²) in [6.07, 6.45) is 8.99. The molecule has 0 saturated heterocycles. The molecule has 0 radical (unpaired) electrons. The number of para-hydroxylation sites is 2. The Kier molecular flexibility index (Phi) is 4.06. The lowest BCUT2D eigenvalue weighted by Gasteiger charge is -2.24. The summed E-state index contributed by atoms with van der Waals surface area (Å²) >= 11 is 0. The van der Waals surface area contributed by atoms with E-state index in [0.29, 0.717) is 0 Å². The van der Waals surface area contributed by atoms with Crippen molar-refractivity contribution in [1.82, 2.24) is 9.55 Å². The number of imidazole rings is 1. The first-order chi connectivity index (χ1) is 9.74. The molecule has 1 aromatic carbocycles. The molecule has 0 bridgehead atoms. The molecule has 1 atom stereocenters. The number of nitrogens with zero attached hydrogens (tertiary/aromatic N) is 2. The zero-order valence-electron chi connectivity index (χ0n) is 12.4. The predicted octanol–water partition coefficient (Wildman–Crippen LogP) is 3.41. The van der Waals surface area contributed by atoms with E-state index in [1.165, 1.54) is 37.6 Å². The number of hydrogen-bond acceptors (Lipinski definition) is 2. The van der Waals surface area contributed by atoms with Gasteiger partial charge in [0.25, 0.3) is 0 Å². The largest absolute Gasteiger partial charge is 0.331 e. The first-order valence-electron chi connectivity index (χ1n) is 7.90. The van der Waals surface area contributed by atoms with Gasteiger partial charge in [-0.15, -0.1) is 0 Å². The average Bonchev–Trinajstić information content (AvgIpc) is 2.77. The van der Waals surface area contributed by atoms with Crippen LogP contribution in [0.4, 0.5) is 0 Å². The zero-order valence-corrected chi connectivity index (χ0v) is 12.4. The molecule has 1 unspecified atom stereocenters. The minimum absolute atomic E-state index is 0.244. The van der Waals surface area contributed by atoms with Crippen LogP contribution in [0.1, 0.15) is 44.3 Å². The van der Waals surface area contributed by atoms with E-state index < -0.39 is 0 Å². The molecule has 3 heteroatoms. The fourth-order valence-corrected chi connectivity index (χ4v) is 3.55. The van der Waals surface area contributed by atoms with Crippen molar-refractivity contribution in [2.75, 3.05) is 0 Å². The van der Waals surface area contributed by atoms with Crippen molar-refractivity contribution in [1.29, 1.82) is 0 Å². The third kappa shape index (κ3) is 2.88. The van der Waals surface area contributed by atoms with E-state index >= 15 is 0 Å². The Labute approximate surface area is 121 Å². The normalized spacial score (nSPS) is 18.5. The summed E-state index contributed by atoms with van der Waals surface area (Å²) in [5.74, 6) is 1.96. The van der Waals surface area contributed by atoms with Gasteiger partial charge in [0.2, 0.25) is 0 Å². The standard InChI is InChI=1S/C17H25N3/c1-20-16-10-6-5-9-15(16)19-17(20)12-14(18)11-13-7-3-2-4-8-13/h5-6,9-10,13-14H,2-4,7-8,11-12,18H2,1H3. The SMILES string of the molecule is Cn1c(CC(N)CC2CCCCC2)nc2ccccc21. The topological polar surface area (TPSA) is 43.8 Å². The van der Waals surface area contributed by atoms with Crippen LogP contribution in [-0.2, 0) is 13.5 Å². The van der Waals surface area contributed by atoms with Gasteiger partial charge < -0.3 is 10.3 Å². The van der Waals surface area contributed by atoms with Crippen LogP contribution < -0.4 is 5.73 Å². The fourth-order valence-electron chi connectivity index (χ4n) is 3.55. The number of fused-ring (bicyclic) bond motifs is 1. The molecule has 2 N–H and O–H groups in total. The molecule has 0 spiro atoms. The second kappa shape index (κ2) is 5.96. The highest BCUT2D eigenvalue weighted by Gasteiger charge is 2.18. The highest BCUT2D eigenvalue weighted by atomic mass is 15.1. The van der Waals surface area contributed by atoms with E-state index in [1.54, 1.807) is 0 Å². The minimum Gasteiger partial charge on any atom is -0.331 e. The maximum absolute atomic E-state index is 6.37. The predicted molar refractivity (Wildman–Crippen MR) is 83.6 cm³/mol. The molecular formula is C17H25N3. The van der Waals surface area contributed by atoms with Gasteiger partial charge in [0.05, 0.1) is 11.0 Å². The number of rotatable bonds is 4. The summed E-state index contributed by atoms with van der Waals surface area (Å²) in [6.45, 7) is 0. The fraction of sp³-hybridized carbons (Fsp3) is 0.588. The summed E-state index contributed by atoms with van der Waals surface area (Å²) in [4.78, 5) is 4.73. The van der Waals surface area contributed by atoms with Gasteiger partial charge in [-0.1, -0.05) is 44.2 Å². The molecule has 108 valence electrons. The second-order valence-corrected chi connectivity index (χ2v) is 6.28. The third-order valence-corrected chi connectivity index (χ3v) is 4.69. The quantitative estimate of drug-likeness (QED) is 0.926. The van der Waals surface area contributed by atoms with Gasteiger partial charge in [0.1, 0.15) is 5.82 Å². The van der Waals surface area contributed by atoms with Crippen LogP contribution in [0, 0.1) is 5.92 Å². The third-order valence-electron chi connectivity index (χ3n) is 4.69. The number of aromatic nitrogens is 2. The van der Waals surface area contributed by atoms with Gasteiger partial charge in [0, 0.05) is 19.5 Å². The van der Waals surface area contributed by atoms with Crippen molar-refractivity contribution in [3.63, 3.8) is 0 Å². The Morgan fingerprint density at radius 2 is 2.00 bits per heavy atom. The van der Waals surface area contributed by atoms with Crippen molar-refractivity contribution in [3.8, 4) is 0 Å². The van der Waals surface area contributed by atoms with Gasteiger partial charge in [-0.2, -0.15) is 0 Å². The zero-order chi connectivity index (χ0) is 13.9. The number of benzene rings is 1. The number of nitrogens with two attached hydrogens (primary N) is 1. The Hall–Kier alpha value is -1.35. The van der Waals surface area contributed by atoms with Crippen molar-refractivity contribution in [3.05, 3.63) is 30.1 Å². The van der Waals surface area contributed by atoms with E-state index in [9.17, 15) is 0 Å². The molecule has 1 heterocycles. The lowest BCUT2D eigenvalue weighted by Crippen LogP contribution is -2.28. The minimum atomic E-state index is 0.244. The summed E-state index contributed by atoms with van der Waals surface area (Å²) in [5, 5.41) is 0. The molecule has 0 amide bonds. The number of hydrogen-bond donors (Lipinski definition) is 1. The lowest BCUT2D eigenvalue weighted by molar-refractivity contribution is 0.315. The highest BCUT2D eigenvalue weighted by Crippen LogP contribution is 2.27. The van der Waals surface area contributed by atoms with Gasteiger partial charge in [-0.3, -0.25) is 0 Å². The maximum atomic E-state index is 6.37. The van der Waals surface area contributed by atoms with Crippen LogP contribution in [0.5, 0.6) is 0 Å². The molecule has 0 aliphatic heterocycles. The van der Waals surface area contributed by atoms with Crippen LogP contribution in [0.2, 0.25) is 0 Å². The monoisotopic (exact) mass is 271 g/mol. The average molecular weight is 271 g/mol. The van der Waals surface area contributed by atoms with E-state index in [2.05, 4.69) is 29.8 Å². The van der Waals surface area contributed by atoms with Crippen LogP contribution in [0.25, 0.3) is 11.0 Å². The molecule has 1 aromatic heterocycles. The van der Waals surface area contributed by atoms with Gasteiger partial charge in [-0.05, 0) is 24.5 Å². The van der Waals surface area contributed by atoms with Gasteiger partial charge in [0.15, 0.2) is 0 Å². The van der Waals surface area contributed by atoms with E-state index in [0.717, 1.165) is 30.1 Å². The molecule has 3 rings (SSSR count). The van der Waals surface area contributed by atoms with Crippen LogP contribution in [0.15, 0.2) is 24.3 Å². The Morgan fingerprint density at radius 3 is 2.75 bits per heavy atom. The van der Waals surface area contributed by atoms with Crippen molar-refractivity contribution in [2.24, 2.45) is 18.7 Å². The molecular weight excluding hydrogens is 246 g/mol. The van der Waals surface area contributed by atoms with Crippen LogP contribution in [0.3, 0.4) is 0 Å². The molecule has 1 fully saturated rings. The molecule has 2 aromatic rings. The first-order valence-corrected chi connectivity index (χ1v) is 7.90. The summed E-state index contributed by atoms with van der Waals surface area (Å²) in [7, 11) is 2.10. The van der Waals surface area contributed by atoms with E-state index in [4.69, 9.17) is 10.7 Å². The van der Waals surface area contributed by atoms with Gasteiger partial charge >= 0.3 is 0 Å². The van der Waals surface area contributed by atoms with E-state index in [-0.39, 0.29) is 6.04 Å².